The number of hydrogen-bond acceptors (Lipinski definition) is 4. The van der Waals surface area contributed by atoms with Gasteiger partial charge >= 0.3 is 5.97 Å². The van der Waals surface area contributed by atoms with E-state index in [0.29, 0.717) is 4.47 Å². The van der Waals surface area contributed by atoms with Gasteiger partial charge < -0.3 is 20.6 Å². The lowest BCUT2D eigenvalue weighted by atomic mass is 10.1. The zero-order valence-electron chi connectivity index (χ0n) is 10.5. The first-order valence-corrected chi connectivity index (χ1v) is 6.54. The predicted octanol–water partition coefficient (Wildman–Crippen LogP) is 2.81. The van der Waals surface area contributed by atoms with Crippen molar-refractivity contribution in [3.8, 4) is 11.5 Å². The van der Waals surface area contributed by atoms with Crippen molar-refractivity contribution >= 4 is 33.5 Å². The molecule has 0 heterocycles. The van der Waals surface area contributed by atoms with Crippen molar-refractivity contribution in [2.45, 2.75) is 0 Å². The van der Waals surface area contributed by atoms with Crippen molar-refractivity contribution in [1.29, 1.82) is 0 Å². The number of phenols is 2. The molecule has 2 rings (SSSR count). The van der Waals surface area contributed by atoms with Gasteiger partial charge in [-0.15, -0.1) is 0 Å². The first-order chi connectivity index (χ1) is 9.88. The number of nitrogens with one attached hydrogen (secondary N) is 1. The minimum Gasteiger partial charge on any atom is -0.507 e. The van der Waals surface area contributed by atoms with Crippen LogP contribution in [0.15, 0.2) is 40.9 Å². The highest BCUT2D eigenvalue weighted by Gasteiger charge is 2.13. The van der Waals surface area contributed by atoms with Gasteiger partial charge in [0.05, 0.1) is 4.47 Å². The Labute approximate surface area is 127 Å². The predicted molar refractivity (Wildman–Crippen MR) is 78.8 cm³/mol. The Kier molecular flexibility index (Phi) is 4.13. The zero-order chi connectivity index (χ0) is 15.6. The van der Waals surface area contributed by atoms with Crippen molar-refractivity contribution in [1.82, 2.24) is 0 Å². The monoisotopic (exact) mass is 351 g/mol. The summed E-state index contributed by atoms with van der Waals surface area (Å²) in [5, 5.41) is 30.3. The van der Waals surface area contributed by atoms with E-state index >= 15 is 0 Å². The van der Waals surface area contributed by atoms with E-state index in [9.17, 15) is 19.8 Å². The second-order valence-electron chi connectivity index (χ2n) is 4.16. The normalized spacial score (nSPS) is 10.1. The lowest BCUT2D eigenvalue weighted by Gasteiger charge is -2.08. The average Bonchev–Trinajstić information content (AvgIpc) is 2.43. The summed E-state index contributed by atoms with van der Waals surface area (Å²) in [4.78, 5) is 22.9. The summed E-state index contributed by atoms with van der Waals surface area (Å²) >= 11 is 3.10. The van der Waals surface area contributed by atoms with E-state index in [1.165, 1.54) is 30.3 Å². The molecule has 0 atom stereocenters. The van der Waals surface area contributed by atoms with Crippen molar-refractivity contribution in [2.24, 2.45) is 0 Å². The second kappa shape index (κ2) is 5.84. The number of aromatic carboxylic acids is 1. The third-order valence-corrected chi connectivity index (χ3v) is 3.36. The van der Waals surface area contributed by atoms with Gasteiger partial charge in [0.1, 0.15) is 17.1 Å². The topological polar surface area (TPSA) is 107 Å². The molecule has 2 aromatic carbocycles. The Bertz CT molecular complexity index is 729. The number of benzene rings is 2. The number of phenolic OH excluding ortho intramolecular Hbond substituents is 1. The molecule has 0 fully saturated rings. The highest BCUT2D eigenvalue weighted by atomic mass is 79.9. The molecular weight excluding hydrogens is 342 g/mol. The molecule has 108 valence electrons. The summed E-state index contributed by atoms with van der Waals surface area (Å²) in [5.74, 6) is -2.29. The van der Waals surface area contributed by atoms with Gasteiger partial charge in [-0.05, 0) is 52.3 Å². The van der Waals surface area contributed by atoms with E-state index in [1.807, 2.05) is 0 Å². The molecule has 4 N–H and O–H groups in total. The van der Waals surface area contributed by atoms with Gasteiger partial charge in [0.15, 0.2) is 0 Å². The molecule has 2 aromatic rings. The summed E-state index contributed by atoms with van der Waals surface area (Å²) in [6, 6.07) is 7.99. The SMILES string of the molecule is O=C(Nc1ccc(O)c(C(=O)O)c1)c1ccc(Br)c(O)c1. The quantitative estimate of drug-likeness (QED) is 0.636. The lowest BCUT2D eigenvalue weighted by molar-refractivity contribution is 0.0693. The van der Waals surface area contributed by atoms with Crippen LogP contribution in [-0.4, -0.2) is 27.2 Å². The molecular formula is C14H10BrNO5. The van der Waals surface area contributed by atoms with Crippen LogP contribution in [0.2, 0.25) is 0 Å². The van der Waals surface area contributed by atoms with E-state index in [1.54, 1.807) is 0 Å². The van der Waals surface area contributed by atoms with E-state index in [-0.39, 0.29) is 28.3 Å². The van der Waals surface area contributed by atoms with Crippen LogP contribution in [0.4, 0.5) is 5.69 Å². The van der Waals surface area contributed by atoms with Crippen LogP contribution in [0.1, 0.15) is 20.7 Å². The second-order valence-corrected chi connectivity index (χ2v) is 5.01. The third-order valence-electron chi connectivity index (χ3n) is 2.69. The summed E-state index contributed by atoms with van der Waals surface area (Å²) in [5.41, 5.74) is 0.115. The fraction of sp³-hybridized carbons (Fsp3) is 0. The van der Waals surface area contributed by atoms with Crippen LogP contribution in [0.5, 0.6) is 11.5 Å². The summed E-state index contributed by atoms with van der Waals surface area (Å²) in [6.45, 7) is 0. The fourth-order valence-electron chi connectivity index (χ4n) is 1.64. The molecule has 0 spiro atoms. The number of anilines is 1. The van der Waals surface area contributed by atoms with Gasteiger partial charge in [0, 0.05) is 11.3 Å². The molecule has 0 saturated heterocycles. The third kappa shape index (κ3) is 3.32. The van der Waals surface area contributed by atoms with Gasteiger partial charge in [-0.25, -0.2) is 4.79 Å². The maximum atomic E-state index is 12.0. The minimum atomic E-state index is -1.30. The number of carboxylic acid groups (broad SMARTS) is 1. The maximum absolute atomic E-state index is 12.0. The van der Waals surface area contributed by atoms with Crippen LogP contribution in [-0.2, 0) is 0 Å². The van der Waals surface area contributed by atoms with E-state index in [0.717, 1.165) is 6.07 Å². The number of amides is 1. The molecule has 0 aliphatic heterocycles. The van der Waals surface area contributed by atoms with Crippen LogP contribution < -0.4 is 5.32 Å². The Morgan fingerprint density at radius 3 is 2.33 bits per heavy atom. The minimum absolute atomic E-state index is 0.0837. The van der Waals surface area contributed by atoms with Gasteiger partial charge in [0.2, 0.25) is 0 Å². The largest absolute Gasteiger partial charge is 0.507 e. The lowest BCUT2D eigenvalue weighted by Crippen LogP contribution is -2.12. The van der Waals surface area contributed by atoms with E-state index in [2.05, 4.69) is 21.2 Å². The van der Waals surface area contributed by atoms with E-state index < -0.39 is 11.9 Å². The number of hydrogen-bond donors (Lipinski definition) is 4. The van der Waals surface area contributed by atoms with Gasteiger partial charge in [-0.2, -0.15) is 0 Å². The van der Waals surface area contributed by atoms with Gasteiger partial charge in [-0.3, -0.25) is 4.79 Å². The Morgan fingerprint density at radius 2 is 1.71 bits per heavy atom. The molecule has 0 aliphatic rings. The van der Waals surface area contributed by atoms with Gasteiger partial charge in [0.25, 0.3) is 5.91 Å². The molecule has 0 unspecified atom stereocenters. The first kappa shape index (κ1) is 14.9. The van der Waals surface area contributed by atoms with Crippen LogP contribution in [0, 0.1) is 0 Å². The van der Waals surface area contributed by atoms with Crippen molar-refractivity contribution in [2.75, 3.05) is 5.32 Å². The number of halogens is 1. The van der Waals surface area contributed by atoms with E-state index in [4.69, 9.17) is 5.11 Å². The molecule has 0 radical (unpaired) electrons. The average molecular weight is 352 g/mol. The molecule has 0 aliphatic carbocycles. The van der Waals surface area contributed by atoms with Crippen molar-refractivity contribution in [3.05, 3.63) is 52.0 Å². The molecule has 6 nitrogen and oxygen atoms in total. The van der Waals surface area contributed by atoms with Crippen LogP contribution in [0.3, 0.4) is 0 Å². The van der Waals surface area contributed by atoms with Crippen molar-refractivity contribution in [3.63, 3.8) is 0 Å². The van der Waals surface area contributed by atoms with Crippen LogP contribution >= 0.6 is 15.9 Å². The smallest absolute Gasteiger partial charge is 0.339 e. The highest BCUT2D eigenvalue weighted by molar-refractivity contribution is 9.10. The first-order valence-electron chi connectivity index (χ1n) is 5.74. The number of aromatic hydroxyl groups is 2. The standard InChI is InChI=1S/C14H10BrNO5/c15-10-3-1-7(5-12(10)18)13(19)16-8-2-4-11(17)9(6-8)14(20)21/h1-6,17-18H,(H,16,19)(H,20,21). The number of carbonyl (C=O) groups excluding carboxylic acids is 1. The highest BCUT2D eigenvalue weighted by Crippen LogP contribution is 2.25. The zero-order valence-corrected chi connectivity index (χ0v) is 12.1. The summed E-state index contributed by atoms with van der Waals surface area (Å²) in [7, 11) is 0. The number of rotatable bonds is 3. The Morgan fingerprint density at radius 1 is 1.00 bits per heavy atom. The molecule has 21 heavy (non-hydrogen) atoms. The molecule has 0 saturated carbocycles. The van der Waals surface area contributed by atoms with Crippen LogP contribution in [0.25, 0.3) is 0 Å². The maximum Gasteiger partial charge on any atom is 0.339 e. The Balaban J connectivity index is 2.25. The molecule has 0 aromatic heterocycles. The summed E-state index contributed by atoms with van der Waals surface area (Å²) in [6.07, 6.45) is 0. The number of carboxylic acids is 1. The molecule has 1 amide bonds. The Hall–Kier alpha value is -2.54. The molecule has 0 bridgehead atoms. The fourth-order valence-corrected chi connectivity index (χ4v) is 1.89. The molecule has 7 heteroatoms. The van der Waals surface area contributed by atoms with Crippen molar-refractivity contribution < 1.29 is 24.9 Å². The van der Waals surface area contributed by atoms with Gasteiger partial charge in [-0.1, -0.05) is 0 Å². The number of carbonyl (C=O) groups is 2. The summed E-state index contributed by atoms with van der Waals surface area (Å²) < 4.78 is 0.455.